The molecule has 6 heteroatoms. The van der Waals surface area contributed by atoms with Crippen molar-refractivity contribution < 1.29 is 30.3 Å². The van der Waals surface area contributed by atoms with Gasteiger partial charge in [0.05, 0.1) is 13.2 Å². The summed E-state index contributed by atoms with van der Waals surface area (Å²) in [6, 6.07) is 0. The van der Waals surface area contributed by atoms with Crippen LogP contribution in [0.15, 0.2) is 0 Å². The van der Waals surface area contributed by atoms with Crippen molar-refractivity contribution in [3.63, 3.8) is 0 Å². The molecular weight excluding hydrogens is 168 g/mol. The van der Waals surface area contributed by atoms with Gasteiger partial charge >= 0.3 is 0 Å². The quantitative estimate of drug-likeness (QED) is 0.306. The van der Waals surface area contributed by atoms with Gasteiger partial charge in [0.15, 0.2) is 0 Å². The molecule has 0 aliphatic carbocycles. The van der Waals surface area contributed by atoms with Gasteiger partial charge in [0.1, 0.15) is 18.3 Å². The molecule has 1 aliphatic heterocycles. The van der Waals surface area contributed by atoms with Crippen molar-refractivity contribution in [2.75, 3.05) is 13.2 Å². The first-order chi connectivity index (χ1) is 5.55. The molecule has 0 radical (unpaired) electrons. The maximum absolute atomic E-state index is 9.25. The molecule has 4 atom stereocenters. The summed E-state index contributed by atoms with van der Waals surface area (Å²) in [6.45, 7) is -1.36. The fourth-order valence-electron chi connectivity index (χ4n) is 1.15. The summed E-state index contributed by atoms with van der Waals surface area (Å²) in [5, 5.41) is 44.7. The molecule has 1 heterocycles. The predicted molar refractivity (Wildman–Crippen MR) is 36.0 cm³/mol. The summed E-state index contributed by atoms with van der Waals surface area (Å²) in [5.41, 5.74) is 0. The second-order valence-corrected chi connectivity index (χ2v) is 2.78. The molecule has 5 N–H and O–H groups in total. The van der Waals surface area contributed by atoms with E-state index in [0.717, 1.165) is 0 Å². The number of aliphatic hydroxyl groups is 5. The smallest absolute Gasteiger partial charge is 0.219 e. The summed E-state index contributed by atoms with van der Waals surface area (Å²) in [5.74, 6) is -2.16. The minimum absolute atomic E-state index is 0.527. The zero-order chi connectivity index (χ0) is 9.35. The second kappa shape index (κ2) is 3.25. The van der Waals surface area contributed by atoms with Crippen molar-refractivity contribution in [2.45, 2.75) is 24.1 Å². The van der Waals surface area contributed by atoms with Gasteiger partial charge in [0, 0.05) is 0 Å². The first kappa shape index (κ1) is 9.85. The number of rotatable bonds is 2. The first-order valence-corrected chi connectivity index (χ1v) is 3.53. The van der Waals surface area contributed by atoms with E-state index in [4.69, 9.17) is 20.4 Å². The number of hydrogen-bond donors (Lipinski definition) is 5. The predicted octanol–water partition coefficient (Wildman–Crippen LogP) is -3.22. The van der Waals surface area contributed by atoms with E-state index in [1.165, 1.54) is 0 Å². The molecule has 0 aromatic heterocycles. The number of aliphatic hydroxyl groups excluding tert-OH is 4. The van der Waals surface area contributed by atoms with Crippen LogP contribution in [0.5, 0.6) is 0 Å². The largest absolute Gasteiger partial charge is 0.394 e. The molecule has 0 spiro atoms. The van der Waals surface area contributed by atoms with E-state index in [1.807, 2.05) is 0 Å². The van der Waals surface area contributed by atoms with Crippen LogP contribution in [0.3, 0.4) is 0 Å². The van der Waals surface area contributed by atoms with E-state index < -0.39 is 37.3 Å². The van der Waals surface area contributed by atoms with Gasteiger partial charge < -0.3 is 30.3 Å². The highest BCUT2D eigenvalue weighted by molar-refractivity contribution is 4.94. The lowest BCUT2D eigenvalue weighted by Crippen LogP contribution is -2.46. The lowest BCUT2D eigenvalue weighted by Gasteiger charge is -2.22. The Bertz CT molecular complexity index is 162. The lowest BCUT2D eigenvalue weighted by atomic mass is 10.1. The van der Waals surface area contributed by atoms with Crippen LogP contribution in [0, 0.1) is 0 Å². The first-order valence-electron chi connectivity index (χ1n) is 3.53. The molecule has 1 fully saturated rings. The molecule has 1 aliphatic rings. The van der Waals surface area contributed by atoms with Crippen molar-refractivity contribution in [3.05, 3.63) is 0 Å². The molecule has 0 aromatic rings. The van der Waals surface area contributed by atoms with Gasteiger partial charge in [0.25, 0.3) is 0 Å². The summed E-state index contributed by atoms with van der Waals surface area (Å²) < 4.78 is 4.63. The van der Waals surface area contributed by atoms with Crippen LogP contribution >= 0.6 is 0 Å². The van der Waals surface area contributed by atoms with E-state index in [-0.39, 0.29) is 0 Å². The maximum atomic E-state index is 9.25. The zero-order valence-corrected chi connectivity index (χ0v) is 6.29. The molecule has 6 nitrogen and oxygen atoms in total. The third-order valence-electron chi connectivity index (χ3n) is 1.93. The van der Waals surface area contributed by atoms with E-state index >= 15 is 0 Å². The molecule has 1 saturated heterocycles. The minimum Gasteiger partial charge on any atom is -0.394 e. The van der Waals surface area contributed by atoms with Gasteiger partial charge in [-0.3, -0.25) is 0 Å². The Morgan fingerprint density at radius 2 is 1.83 bits per heavy atom. The Morgan fingerprint density at radius 3 is 2.08 bits per heavy atom. The Morgan fingerprint density at radius 1 is 1.25 bits per heavy atom. The van der Waals surface area contributed by atoms with Crippen molar-refractivity contribution in [2.24, 2.45) is 0 Å². The van der Waals surface area contributed by atoms with Crippen LogP contribution in [0.2, 0.25) is 0 Å². The summed E-state index contributed by atoms with van der Waals surface area (Å²) in [4.78, 5) is 0. The van der Waals surface area contributed by atoms with Crippen LogP contribution < -0.4 is 0 Å². The minimum atomic E-state index is -2.16. The topological polar surface area (TPSA) is 110 Å². The zero-order valence-electron chi connectivity index (χ0n) is 6.29. The van der Waals surface area contributed by atoms with Gasteiger partial charge in [-0.05, 0) is 0 Å². The van der Waals surface area contributed by atoms with Gasteiger partial charge in [-0.15, -0.1) is 0 Å². The molecule has 0 unspecified atom stereocenters. The molecule has 0 amide bonds. The molecule has 12 heavy (non-hydrogen) atoms. The molecule has 1 rings (SSSR count). The van der Waals surface area contributed by atoms with Gasteiger partial charge in [-0.2, -0.15) is 0 Å². The summed E-state index contributed by atoms with van der Waals surface area (Å²) in [6.07, 6.45) is -4.04. The average molecular weight is 180 g/mol. The highest BCUT2D eigenvalue weighted by atomic mass is 16.7. The van der Waals surface area contributed by atoms with Crippen LogP contribution in [0.1, 0.15) is 0 Å². The molecule has 0 aromatic carbocycles. The molecule has 0 bridgehead atoms. The Labute approximate surface area is 68.6 Å². The molecule has 72 valence electrons. The average Bonchev–Trinajstić information content (AvgIpc) is 2.31. The fraction of sp³-hybridized carbons (Fsp3) is 1.00. The molecular formula is C6H12O6. The van der Waals surface area contributed by atoms with E-state index in [1.54, 1.807) is 0 Å². The summed E-state index contributed by atoms with van der Waals surface area (Å²) in [7, 11) is 0. The van der Waals surface area contributed by atoms with Crippen LogP contribution in [-0.2, 0) is 4.74 Å². The Hall–Kier alpha value is -0.240. The van der Waals surface area contributed by atoms with Gasteiger partial charge in [-0.1, -0.05) is 0 Å². The van der Waals surface area contributed by atoms with Crippen LogP contribution in [0.25, 0.3) is 0 Å². The van der Waals surface area contributed by atoms with E-state index in [0.29, 0.717) is 0 Å². The SMILES string of the molecule is OC[C@H]1O[C@](O)(CO)[C@@H](O)[C@H]1O. The van der Waals surface area contributed by atoms with Gasteiger partial charge in [-0.25, -0.2) is 0 Å². The van der Waals surface area contributed by atoms with Crippen molar-refractivity contribution >= 4 is 0 Å². The third kappa shape index (κ3) is 1.33. The third-order valence-corrected chi connectivity index (χ3v) is 1.93. The van der Waals surface area contributed by atoms with E-state index in [9.17, 15) is 5.11 Å². The second-order valence-electron chi connectivity index (χ2n) is 2.78. The van der Waals surface area contributed by atoms with Crippen LogP contribution in [-0.4, -0.2) is 62.8 Å². The Kier molecular flexibility index (Phi) is 2.67. The van der Waals surface area contributed by atoms with Crippen molar-refractivity contribution in [1.82, 2.24) is 0 Å². The van der Waals surface area contributed by atoms with Crippen LogP contribution in [0.4, 0.5) is 0 Å². The fourth-order valence-corrected chi connectivity index (χ4v) is 1.15. The standard InChI is InChI=1S/C6H12O6/c7-1-3-4(9)5(10)6(11,2-8)12-3/h3-5,7-11H,1-2H2/t3-,4+,5+,6-/m1/s1. The van der Waals surface area contributed by atoms with E-state index in [2.05, 4.69) is 4.74 Å². The van der Waals surface area contributed by atoms with Gasteiger partial charge in [0.2, 0.25) is 5.79 Å². The normalized spacial score (nSPS) is 48.2. The van der Waals surface area contributed by atoms with Crippen molar-refractivity contribution in [3.8, 4) is 0 Å². The van der Waals surface area contributed by atoms with Crippen molar-refractivity contribution in [1.29, 1.82) is 0 Å². The highest BCUT2D eigenvalue weighted by Crippen LogP contribution is 2.28. The molecule has 0 saturated carbocycles. The maximum Gasteiger partial charge on any atom is 0.219 e. The monoisotopic (exact) mass is 180 g/mol. The Balaban J connectivity index is 2.72. The number of ether oxygens (including phenoxy) is 1. The lowest BCUT2D eigenvalue weighted by molar-refractivity contribution is -0.248. The highest BCUT2D eigenvalue weighted by Gasteiger charge is 2.52. The number of hydrogen-bond acceptors (Lipinski definition) is 6. The summed E-state index contributed by atoms with van der Waals surface area (Å²) >= 11 is 0.